The van der Waals surface area contributed by atoms with Crippen LogP contribution in [0.5, 0.6) is 0 Å². The predicted octanol–water partition coefficient (Wildman–Crippen LogP) is 2.33. The zero-order valence-electron chi connectivity index (χ0n) is 13.2. The Balaban J connectivity index is 1.77. The fraction of sp³-hybridized carbons (Fsp3) is 0.529. The van der Waals surface area contributed by atoms with Gasteiger partial charge in [0.1, 0.15) is 11.3 Å². The highest BCUT2D eigenvalue weighted by Crippen LogP contribution is 2.27. The minimum atomic E-state index is 0.261. The zero-order chi connectivity index (χ0) is 14.8. The number of benzene rings is 1. The molecule has 0 spiro atoms. The van der Waals surface area contributed by atoms with Crippen molar-refractivity contribution >= 4 is 11.0 Å². The summed E-state index contributed by atoms with van der Waals surface area (Å²) in [6.07, 6.45) is 1.07. The van der Waals surface area contributed by atoms with Crippen LogP contribution in [0.4, 0.5) is 0 Å². The molecule has 4 heteroatoms. The van der Waals surface area contributed by atoms with E-state index < -0.39 is 0 Å². The van der Waals surface area contributed by atoms with E-state index in [0.717, 1.165) is 37.4 Å². The first-order valence-corrected chi connectivity index (χ1v) is 7.72. The van der Waals surface area contributed by atoms with Crippen LogP contribution >= 0.6 is 0 Å². The van der Waals surface area contributed by atoms with E-state index in [-0.39, 0.29) is 6.04 Å². The van der Waals surface area contributed by atoms with Crippen LogP contribution in [-0.4, -0.2) is 56.6 Å². The average molecular weight is 287 g/mol. The Morgan fingerprint density at radius 2 is 2.10 bits per heavy atom. The van der Waals surface area contributed by atoms with Gasteiger partial charge in [-0.25, -0.2) is 0 Å². The van der Waals surface area contributed by atoms with Crippen molar-refractivity contribution in [2.75, 3.05) is 40.8 Å². The Bertz CT molecular complexity index is 561. The van der Waals surface area contributed by atoms with Crippen molar-refractivity contribution in [3.8, 4) is 0 Å². The molecule has 2 atom stereocenters. The molecule has 4 nitrogen and oxygen atoms in total. The Morgan fingerprint density at radius 3 is 2.86 bits per heavy atom. The number of para-hydroxylation sites is 1. The molecular weight excluding hydrogens is 262 g/mol. The van der Waals surface area contributed by atoms with Gasteiger partial charge in [0.2, 0.25) is 0 Å². The number of nitrogens with one attached hydrogen (secondary N) is 1. The van der Waals surface area contributed by atoms with Crippen molar-refractivity contribution in [2.24, 2.45) is 0 Å². The molecule has 114 valence electrons. The second-order valence-electron chi connectivity index (χ2n) is 6.16. The molecule has 0 saturated carbocycles. The maximum Gasteiger partial charge on any atom is 0.134 e. The molecule has 0 amide bonds. The Morgan fingerprint density at radius 1 is 1.29 bits per heavy atom. The summed E-state index contributed by atoms with van der Waals surface area (Å²) in [6, 6.07) is 11.2. The van der Waals surface area contributed by atoms with Crippen molar-refractivity contribution in [1.82, 2.24) is 15.1 Å². The first-order chi connectivity index (χ1) is 10.2. The van der Waals surface area contributed by atoms with E-state index in [1.807, 2.05) is 19.2 Å². The summed E-state index contributed by atoms with van der Waals surface area (Å²) in [6.45, 7) is 3.41. The van der Waals surface area contributed by atoms with E-state index in [9.17, 15) is 0 Å². The topological polar surface area (TPSA) is 31.6 Å². The smallest absolute Gasteiger partial charge is 0.134 e. The zero-order valence-corrected chi connectivity index (χ0v) is 13.2. The summed E-state index contributed by atoms with van der Waals surface area (Å²) in [7, 11) is 6.45. The summed E-state index contributed by atoms with van der Waals surface area (Å²) in [5.41, 5.74) is 0.974. The van der Waals surface area contributed by atoms with Crippen LogP contribution in [0.1, 0.15) is 18.2 Å². The molecule has 3 rings (SSSR count). The van der Waals surface area contributed by atoms with Crippen molar-refractivity contribution < 1.29 is 4.42 Å². The number of piperazine rings is 1. The standard InChI is InChI=1S/C17H25N3O/c1-18-15(11-14-12-19(2)8-9-20(14)3)17-10-13-6-4-5-7-16(13)21-17/h4-7,10,14-15,18H,8-9,11-12H2,1-3H3. The molecule has 2 aromatic rings. The molecule has 1 fully saturated rings. The number of likely N-dealkylation sites (N-methyl/N-ethyl adjacent to an activating group) is 2. The van der Waals surface area contributed by atoms with E-state index in [4.69, 9.17) is 4.42 Å². The van der Waals surface area contributed by atoms with Gasteiger partial charge in [0, 0.05) is 31.1 Å². The molecule has 1 saturated heterocycles. The predicted molar refractivity (Wildman–Crippen MR) is 86.5 cm³/mol. The van der Waals surface area contributed by atoms with Crippen molar-refractivity contribution in [3.05, 3.63) is 36.1 Å². The number of fused-ring (bicyclic) bond motifs is 1. The maximum atomic E-state index is 6.03. The van der Waals surface area contributed by atoms with E-state index in [0.29, 0.717) is 6.04 Å². The number of furan rings is 1. The van der Waals surface area contributed by atoms with Crippen LogP contribution in [0.2, 0.25) is 0 Å². The Hall–Kier alpha value is -1.36. The van der Waals surface area contributed by atoms with E-state index in [1.165, 1.54) is 5.39 Å². The second-order valence-corrected chi connectivity index (χ2v) is 6.16. The molecule has 21 heavy (non-hydrogen) atoms. The summed E-state index contributed by atoms with van der Waals surface area (Å²) in [5, 5.41) is 4.61. The third kappa shape index (κ3) is 3.12. The quantitative estimate of drug-likeness (QED) is 0.935. The number of hydrogen-bond acceptors (Lipinski definition) is 4. The van der Waals surface area contributed by atoms with Crippen LogP contribution in [0.25, 0.3) is 11.0 Å². The molecule has 1 aromatic heterocycles. The van der Waals surface area contributed by atoms with Crippen LogP contribution in [-0.2, 0) is 0 Å². The summed E-state index contributed by atoms with van der Waals surface area (Å²) in [4.78, 5) is 4.88. The molecule has 1 aromatic carbocycles. The summed E-state index contributed by atoms with van der Waals surface area (Å²) < 4.78 is 6.03. The SMILES string of the molecule is CNC(CC1CN(C)CCN1C)c1cc2ccccc2o1. The molecule has 1 N–H and O–H groups in total. The fourth-order valence-corrected chi connectivity index (χ4v) is 3.18. The lowest BCUT2D eigenvalue weighted by molar-refractivity contribution is 0.0997. The van der Waals surface area contributed by atoms with Crippen LogP contribution in [0.15, 0.2) is 34.7 Å². The second kappa shape index (κ2) is 6.18. The minimum absolute atomic E-state index is 0.261. The van der Waals surface area contributed by atoms with Crippen LogP contribution < -0.4 is 5.32 Å². The van der Waals surface area contributed by atoms with E-state index in [1.54, 1.807) is 0 Å². The van der Waals surface area contributed by atoms with Gasteiger partial charge < -0.3 is 19.5 Å². The molecule has 0 radical (unpaired) electrons. The Labute approximate surface area is 126 Å². The number of rotatable bonds is 4. The van der Waals surface area contributed by atoms with E-state index in [2.05, 4.69) is 47.4 Å². The van der Waals surface area contributed by atoms with Crippen molar-refractivity contribution in [1.29, 1.82) is 0 Å². The lowest BCUT2D eigenvalue weighted by atomic mass is 10.0. The van der Waals surface area contributed by atoms with Gasteiger partial charge in [-0.3, -0.25) is 0 Å². The van der Waals surface area contributed by atoms with Gasteiger partial charge in [-0.15, -0.1) is 0 Å². The maximum absolute atomic E-state index is 6.03. The lowest BCUT2D eigenvalue weighted by Gasteiger charge is -2.39. The molecule has 0 aliphatic carbocycles. The van der Waals surface area contributed by atoms with Crippen molar-refractivity contribution in [3.63, 3.8) is 0 Å². The molecule has 2 heterocycles. The van der Waals surface area contributed by atoms with Gasteiger partial charge >= 0.3 is 0 Å². The highest BCUT2D eigenvalue weighted by atomic mass is 16.3. The number of hydrogen-bond donors (Lipinski definition) is 1. The third-order valence-corrected chi connectivity index (χ3v) is 4.62. The molecule has 1 aliphatic heterocycles. The summed E-state index contributed by atoms with van der Waals surface area (Å²) in [5.74, 6) is 1.04. The third-order valence-electron chi connectivity index (χ3n) is 4.62. The summed E-state index contributed by atoms with van der Waals surface area (Å²) >= 11 is 0. The van der Waals surface area contributed by atoms with Gasteiger partial charge in [-0.1, -0.05) is 18.2 Å². The normalized spacial score (nSPS) is 22.7. The fourth-order valence-electron chi connectivity index (χ4n) is 3.18. The first-order valence-electron chi connectivity index (χ1n) is 7.72. The lowest BCUT2D eigenvalue weighted by Crippen LogP contribution is -2.50. The van der Waals surface area contributed by atoms with Crippen LogP contribution in [0, 0.1) is 0 Å². The van der Waals surface area contributed by atoms with Gasteiger partial charge in [-0.2, -0.15) is 0 Å². The van der Waals surface area contributed by atoms with E-state index >= 15 is 0 Å². The van der Waals surface area contributed by atoms with Gasteiger partial charge in [0.25, 0.3) is 0 Å². The first kappa shape index (κ1) is 14.6. The van der Waals surface area contributed by atoms with Gasteiger partial charge in [0.05, 0.1) is 6.04 Å². The monoisotopic (exact) mass is 287 g/mol. The molecule has 1 aliphatic rings. The van der Waals surface area contributed by atoms with Gasteiger partial charge in [0.15, 0.2) is 0 Å². The molecule has 0 bridgehead atoms. The highest BCUT2D eigenvalue weighted by Gasteiger charge is 2.26. The van der Waals surface area contributed by atoms with Crippen LogP contribution in [0.3, 0.4) is 0 Å². The number of nitrogens with zero attached hydrogens (tertiary/aromatic N) is 2. The minimum Gasteiger partial charge on any atom is -0.459 e. The van der Waals surface area contributed by atoms with Crippen molar-refractivity contribution in [2.45, 2.75) is 18.5 Å². The highest BCUT2D eigenvalue weighted by molar-refractivity contribution is 5.77. The largest absolute Gasteiger partial charge is 0.459 e. The average Bonchev–Trinajstić information content (AvgIpc) is 2.91. The molecule has 2 unspecified atom stereocenters. The van der Waals surface area contributed by atoms with Gasteiger partial charge in [-0.05, 0) is 39.7 Å². The Kier molecular flexibility index (Phi) is 4.29. The molecular formula is C17H25N3O.